The Hall–Kier alpha value is -2.49. The molecule has 0 spiro atoms. The molecule has 0 radical (unpaired) electrons. The van der Waals surface area contributed by atoms with Gasteiger partial charge in [0.15, 0.2) is 0 Å². The lowest BCUT2D eigenvalue weighted by molar-refractivity contribution is -0.180. The number of carbonyl (C=O) groups excluding carboxylic acids is 2. The van der Waals surface area contributed by atoms with Gasteiger partial charge in [-0.05, 0) is 69.1 Å². The Kier molecular flexibility index (Phi) is 9.74. The third-order valence-electron chi connectivity index (χ3n) is 7.15. The largest absolute Gasteiger partial charge is 0.496 e. The highest BCUT2D eigenvalue weighted by Crippen LogP contribution is 2.54. The molecule has 1 unspecified atom stereocenters. The second-order valence-electron chi connectivity index (χ2n) is 13.0. The number of ether oxygens (including phenoxy) is 3. The maximum absolute atomic E-state index is 14.2. The Morgan fingerprint density at radius 1 is 1.20 bits per heavy atom. The van der Waals surface area contributed by atoms with Crippen molar-refractivity contribution in [2.75, 3.05) is 13.7 Å². The second-order valence-corrected chi connectivity index (χ2v) is 13.9. The molecule has 8 nitrogen and oxygen atoms in total. The monoisotopic (exact) mass is 574 g/mol. The lowest BCUT2D eigenvalue weighted by Crippen LogP contribution is -2.55. The summed E-state index contributed by atoms with van der Waals surface area (Å²) in [4.78, 5) is 34.0. The van der Waals surface area contributed by atoms with Crippen molar-refractivity contribution >= 4 is 23.3 Å². The molecule has 1 fully saturated rings. The van der Waals surface area contributed by atoms with E-state index in [4.69, 9.17) is 14.2 Å². The van der Waals surface area contributed by atoms with Gasteiger partial charge in [0.05, 0.1) is 25.7 Å². The van der Waals surface area contributed by atoms with Gasteiger partial charge >= 0.3 is 11.9 Å². The summed E-state index contributed by atoms with van der Waals surface area (Å²) in [6, 6.07) is 4.93. The number of likely N-dealkylation sites (tertiary alicyclic amines) is 1. The molecule has 1 saturated heterocycles. The SMILES string of the molecule is CCOC(=O)[C@H]1C[C@@](CC(C)C)(C(=O)OC(C)(C)C)N(C(O)c2ccc(C(C)(C)C)c(OC)c2)[C@H]1c1nccs1. The summed E-state index contributed by atoms with van der Waals surface area (Å²) in [5, 5.41) is 14.7. The number of hydrogen-bond donors (Lipinski definition) is 1. The number of hydrogen-bond acceptors (Lipinski definition) is 9. The molecule has 2 heterocycles. The zero-order valence-electron chi connectivity index (χ0n) is 25.6. The first kappa shape index (κ1) is 32.0. The van der Waals surface area contributed by atoms with Gasteiger partial charge in [0.2, 0.25) is 0 Å². The minimum atomic E-state index is -1.31. The zero-order valence-corrected chi connectivity index (χ0v) is 26.4. The van der Waals surface area contributed by atoms with Crippen LogP contribution in [0.1, 0.15) is 104 Å². The summed E-state index contributed by atoms with van der Waals surface area (Å²) in [5.41, 5.74) is -0.724. The molecule has 0 amide bonds. The molecule has 1 aliphatic heterocycles. The van der Waals surface area contributed by atoms with Crippen molar-refractivity contribution in [2.24, 2.45) is 11.8 Å². The maximum Gasteiger partial charge on any atom is 0.327 e. The normalized spacial score (nSPS) is 22.8. The van der Waals surface area contributed by atoms with E-state index >= 15 is 0 Å². The highest BCUT2D eigenvalue weighted by molar-refractivity contribution is 7.09. The average molecular weight is 575 g/mol. The minimum Gasteiger partial charge on any atom is -0.496 e. The van der Waals surface area contributed by atoms with Gasteiger partial charge in [0, 0.05) is 11.6 Å². The van der Waals surface area contributed by atoms with Crippen LogP contribution in [0, 0.1) is 11.8 Å². The lowest BCUT2D eigenvalue weighted by atomic mass is 9.83. The fourth-order valence-electron chi connectivity index (χ4n) is 5.72. The molecule has 1 aromatic carbocycles. The number of thiazole rings is 1. The molecule has 0 saturated carbocycles. The molecule has 3 rings (SSSR count). The number of nitrogens with zero attached hydrogens (tertiary/aromatic N) is 2. The Morgan fingerprint density at radius 2 is 1.88 bits per heavy atom. The van der Waals surface area contributed by atoms with Crippen molar-refractivity contribution in [3.05, 3.63) is 45.9 Å². The first-order valence-electron chi connectivity index (χ1n) is 14.0. The van der Waals surface area contributed by atoms with Crippen LogP contribution < -0.4 is 4.74 Å². The van der Waals surface area contributed by atoms with E-state index in [1.165, 1.54) is 11.3 Å². The van der Waals surface area contributed by atoms with Gasteiger partial charge in [-0.25, -0.2) is 9.88 Å². The molecule has 40 heavy (non-hydrogen) atoms. The predicted octanol–water partition coefficient (Wildman–Crippen LogP) is 6.19. The number of carbonyl (C=O) groups is 2. The van der Waals surface area contributed by atoms with Crippen molar-refractivity contribution in [3.8, 4) is 5.75 Å². The fraction of sp³-hybridized carbons (Fsp3) is 0.645. The molecular weight excluding hydrogens is 528 g/mol. The van der Waals surface area contributed by atoms with Crippen LogP contribution in [0.3, 0.4) is 0 Å². The minimum absolute atomic E-state index is 0.0536. The molecular formula is C31H46N2O6S. The lowest BCUT2D eigenvalue weighted by Gasteiger charge is -2.43. The van der Waals surface area contributed by atoms with Crippen LogP contribution in [0.15, 0.2) is 29.8 Å². The first-order valence-corrected chi connectivity index (χ1v) is 14.9. The number of aromatic nitrogens is 1. The number of aliphatic hydroxyl groups excluding tert-OH is 1. The molecule has 4 atom stereocenters. The first-order chi connectivity index (χ1) is 18.6. The van der Waals surface area contributed by atoms with Crippen LogP contribution in [-0.2, 0) is 24.5 Å². The van der Waals surface area contributed by atoms with Gasteiger partial charge in [0.25, 0.3) is 0 Å². The summed E-state index contributed by atoms with van der Waals surface area (Å²) in [6.45, 7) is 17.8. The van der Waals surface area contributed by atoms with E-state index < -0.39 is 41.3 Å². The third-order valence-corrected chi connectivity index (χ3v) is 7.99. The molecule has 1 aliphatic rings. The Labute approximate surface area is 243 Å². The van der Waals surface area contributed by atoms with Crippen molar-refractivity contribution in [2.45, 2.75) is 104 Å². The molecule has 0 aliphatic carbocycles. The quantitative estimate of drug-likeness (QED) is 0.354. The van der Waals surface area contributed by atoms with Crippen molar-refractivity contribution < 1.29 is 28.9 Å². The standard InChI is InChI=1S/C31H46N2O6S/c1-11-38-27(35)21-18-31(17-19(2)3,28(36)39-30(7,8)9)33(24(21)25-32-14-15-40-25)26(34)20-12-13-22(29(4,5)6)23(16-20)37-10/h12-16,19,21,24,26,34H,11,17-18H2,1-10H3/t21-,24+,26?,31-/m0/s1. The van der Waals surface area contributed by atoms with E-state index in [9.17, 15) is 14.7 Å². The Balaban J connectivity index is 2.29. The van der Waals surface area contributed by atoms with Crippen molar-refractivity contribution in [1.29, 1.82) is 0 Å². The van der Waals surface area contributed by atoms with Crippen molar-refractivity contribution in [3.63, 3.8) is 0 Å². The zero-order chi connectivity index (χ0) is 30.0. The summed E-state index contributed by atoms with van der Waals surface area (Å²) in [7, 11) is 1.61. The number of aliphatic hydroxyl groups is 1. The number of rotatable bonds is 9. The summed E-state index contributed by atoms with van der Waals surface area (Å²) >= 11 is 1.39. The number of esters is 2. The Morgan fingerprint density at radius 3 is 2.38 bits per heavy atom. The average Bonchev–Trinajstić information content (AvgIpc) is 3.48. The highest BCUT2D eigenvalue weighted by atomic mass is 32.1. The Bertz CT molecular complexity index is 1170. The fourth-order valence-corrected chi connectivity index (χ4v) is 6.52. The van der Waals surface area contributed by atoms with Crippen LogP contribution in [-0.4, -0.2) is 51.8 Å². The topological polar surface area (TPSA) is 98.2 Å². The maximum atomic E-state index is 14.2. The van der Waals surface area contributed by atoms with Gasteiger partial charge in [-0.15, -0.1) is 11.3 Å². The van der Waals surface area contributed by atoms with E-state index in [0.717, 1.165) is 5.56 Å². The van der Waals surface area contributed by atoms with Crippen LogP contribution in [0.2, 0.25) is 0 Å². The number of methoxy groups -OCH3 is 1. The van der Waals surface area contributed by atoms with Gasteiger partial charge in [-0.3, -0.25) is 9.59 Å². The summed E-state index contributed by atoms with van der Waals surface area (Å²) < 4.78 is 17.3. The predicted molar refractivity (Wildman–Crippen MR) is 156 cm³/mol. The molecule has 1 N–H and O–H groups in total. The molecule has 222 valence electrons. The highest BCUT2D eigenvalue weighted by Gasteiger charge is 2.63. The van der Waals surface area contributed by atoms with Crippen LogP contribution in [0.4, 0.5) is 0 Å². The van der Waals surface area contributed by atoms with Crippen LogP contribution in [0.25, 0.3) is 0 Å². The van der Waals surface area contributed by atoms with E-state index in [-0.39, 0.29) is 24.4 Å². The number of benzene rings is 1. The van der Waals surface area contributed by atoms with E-state index in [1.54, 1.807) is 25.1 Å². The molecule has 1 aromatic heterocycles. The van der Waals surface area contributed by atoms with Crippen LogP contribution >= 0.6 is 11.3 Å². The van der Waals surface area contributed by atoms with E-state index in [2.05, 4.69) is 25.8 Å². The third kappa shape index (κ3) is 6.69. The molecule has 2 aromatic rings. The van der Waals surface area contributed by atoms with Gasteiger partial charge in [0.1, 0.15) is 28.1 Å². The van der Waals surface area contributed by atoms with Crippen LogP contribution in [0.5, 0.6) is 5.75 Å². The van der Waals surface area contributed by atoms with Crippen molar-refractivity contribution in [1.82, 2.24) is 9.88 Å². The van der Waals surface area contributed by atoms with Gasteiger partial charge < -0.3 is 19.3 Å². The molecule has 0 bridgehead atoms. The van der Waals surface area contributed by atoms with Gasteiger partial charge in [-0.2, -0.15) is 0 Å². The van der Waals surface area contributed by atoms with Gasteiger partial charge in [-0.1, -0.05) is 46.8 Å². The molecule has 9 heteroatoms. The van der Waals surface area contributed by atoms with E-state index in [0.29, 0.717) is 22.7 Å². The summed E-state index contributed by atoms with van der Waals surface area (Å²) in [5.74, 6) is -0.933. The smallest absolute Gasteiger partial charge is 0.327 e. The second kappa shape index (κ2) is 12.2. The van der Waals surface area contributed by atoms with E-state index in [1.807, 2.05) is 58.2 Å². The summed E-state index contributed by atoms with van der Waals surface area (Å²) in [6.07, 6.45) is 0.914.